The van der Waals surface area contributed by atoms with Gasteiger partial charge < -0.3 is 14.1 Å². The number of nitrogens with zero attached hydrogens (tertiary/aromatic N) is 1. The minimum atomic E-state index is -4.00. The summed E-state index contributed by atoms with van der Waals surface area (Å²) in [5.74, 6) is 1.12. The van der Waals surface area contributed by atoms with E-state index in [-0.39, 0.29) is 23.5 Å². The van der Waals surface area contributed by atoms with E-state index in [0.29, 0.717) is 39.8 Å². The summed E-state index contributed by atoms with van der Waals surface area (Å²) in [6, 6.07) is 15.1. The second-order valence-corrected chi connectivity index (χ2v) is 9.91. The Balaban J connectivity index is 1.78. The molecule has 0 aliphatic carbocycles. The zero-order valence-electron chi connectivity index (χ0n) is 18.2. The number of benzene rings is 2. The van der Waals surface area contributed by atoms with Gasteiger partial charge in [-0.2, -0.15) is 4.31 Å². The zero-order chi connectivity index (χ0) is 23.6. The molecule has 0 saturated heterocycles. The Morgan fingerprint density at radius 2 is 1.91 bits per heavy atom. The summed E-state index contributed by atoms with van der Waals surface area (Å²) in [6.07, 6.45) is 1.48. The van der Waals surface area contributed by atoms with E-state index in [4.69, 9.17) is 20.8 Å². The fourth-order valence-corrected chi connectivity index (χ4v) is 5.46. The molecule has 4 aromatic rings. The van der Waals surface area contributed by atoms with Crippen molar-refractivity contribution < 1.29 is 17.6 Å². The van der Waals surface area contributed by atoms with Crippen LogP contribution in [0.2, 0.25) is 5.02 Å². The van der Waals surface area contributed by atoms with Gasteiger partial charge >= 0.3 is 0 Å². The highest BCUT2D eigenvalue weighted by atomic mass is 35.5. The summed E-state index contributed by atoms with van der Waals surface area (Å²) in [5, 5.41) is 1.05. The van der Waals surface area contributed by atoms with Gasteiger partial charge in [0.15, 0.2) is 0 Å². The highest BCUT2D eigenvalue weighted by Crippen LogP contribution is 2.27. The van der Waals surface area contributed by atoms with E-state index in [1.807, 2.05) is 13.0 Å². The van der Waals surface area contributed by atoms with Crippen LogP contribution in [-0.4, -0.2) is 24.3 Å². The molecule has 0 aliphatic rings. The Morgan fingerprint density at radius 3 is 2.64 bits per heavy atom. The number of H-pyrrole nitrogens is 1. The summed E-state index contributed by atoms with van der Waals surface area (Å²) in [5.41, 5.74) is 1.12. The minimum Gasteiger partial charge on any atom is -0.494 e. The molecule has 2 aromatic heterocycles. The fourth-order valence-electron chi connectivity index (χ4n) is 3.59. The average Bonchev–Trinajstić information content (AvgIpc) is 3.29. The maximum Gasteiger partial charge on any atom is 0.252 e. The molecule has 0 radical (unpaired) electrons. The summed E-state index contributed by atoms with van der Waals surface area (Å²) in [4.78, 5) is 15.7. The van der Waals surface area contributed by atoms with E-state index in [0.717, 1.165) is 5.39 Å². The number of nitrogens with one attached hydrogen (secondary N) is 1. The van der Waals surface area contributed by atoms with Crippen molar-refractivity contribution in [1.82, 2.24) is 9.29 Å². The number of pyridine rings is 1. The van der Waals surface area contributed by atoms with Crippen LogP contribution in [-0.2, 0) is 23.1 Å². The van der Waals surface area contributed by atoms with Crippen molar-refractivity contribution in [2.75, 3.05) is 6.61 Å². The number of ether oxygens (including phenoxy) is 1. The number of aryl methyl sites for hydroxylation is 1. The number of aromatic amines is 1. The van der Waals surface area contributed by atoms with Gasteiger partial charge in [-0.15, -0.1) is 0 Å². The highest BCUT2D eigenvalue weighted by Gasteiger charge is 2.28. The van der Waals surface area contributed by atoms with Gasteiger partial charge in [0, 0.05) is 28.0 Å². The van der Waals surface area contributed by atoms with Crippen LogP contribution in [0.15, 0.2) is 75.0 Å². The molecule has 0 bridgehead atoms. The van der Waals surface area contributed by atoms with Gasteiger partial charge in [-0.25, -0.2) is 8.42 Å². The highest BCUT2D eigenvalue weighted by molar-refractivity contribution is 7.89. The second-order valence-electron chi connectivity index (χ2n) is 7.57. The van der Waals surface area contributed by atoms with Crippen LogP contribution in [0.1, 0.15) is 23.8 Å². The van der Waals surface area contributed by atoms with Gasteiger partial charge in [0.2, 0.25) is 10.0 Å². The monoisotopic (exact) mass is 486 g/mol. The molecule has 0 aliphatic heterocycles. The summed E-state index contributed by atoms with van der Waals surface area (Å²) in [6.45, 7) is 3.90. The lowest BCUT2D eigenvalue weighted by atomic mass is 10.1. The standard InChI is InChI=1S/C24H23ClN2O5S/c1-3-31-20-8-9-22-17(12-20)11-18(24(28)26-22)14-27(15-21-5-4-10-32-21)33(29,30)23-13-19(25)7-6-16(23)2/h4-13H,3,14-15H2,1-2H3,(H,26,28). The van der Waals surface area contributed by atoms with E-state index in [9.17, 15) is 13.2 Å². The molecule has 1 N–H and O–H groups in total. The third-order valence-electron chi connectivity index (χ3n) is 5.23. The molecular formula is C24H23ClN2O5S. The number of rotatable bonds is 8. The third-order valence-corrected chi connectivity index (χ3v) is 7.40. The minimum absolute atomic E-state index is 0.0439. The van der Waals surface area contributed by atoms with Gasteiger partial charge in [0.1, 0.15) is 11.5 Å². The van der Waals surface area contributed by atoms with E-state index in [2.05, 4.69) is 4.98 Å². The quantitative estimate of drug-likeness (QED) is 0.383. The molecule has 0 amide bonds. The van der Waals surface area contributed by atoms with Gasteiger partial charge in [0.05, 0.1) is 24.3 Å². The fraction of sp³-hybridized carbons (Fsp3) is 0.208. The number of aromatic nitrogens is 1. The van der Waals surface area contributed by atoms with Crippen LogP contribution in [0.25, 0.3) is 10.9 Å². The SMILES string of the molecule is CCOc1ccc2[nH]c(=O)c(CN(Cc3ccco3)S(=O)(=O)c3cc(Cl)ccc3C)cc2c1. The first-order chi connectivity index (χ1) is 15.8. The maximum atomic E-state index is 13.6. The van der Waals surface area contributed by atoms with Crippen LogP contribution in [0.5, 0.6) is 5.75 Å². The van der Waals surface area contributed by atoms with Crippen molar-refractivity contribution in [3.8, 4) is 5.75 Å². The number of halogens is 1. The predicted molar refractivity (Wildman–Crippen MR) is 127 cm³/mol. The van der Waals surface area contributed by atoms with Gasteiger partial charge in [-0.3, -0.25) is 4.79 Å². The Bertz CT molecular complexity index is 1450. The van der Waals surface area contributed by atoms with Crippen LogP contribution in [0.4, 0.5) is 0 Å². The van der Waals surface area contributed by atoms with Crippen molar-refractivity contribution >= 4 is 32.5 Å². The normalized spacial score (nSPS) is 11.9. The second kappa shape index (κ2) is 9.43. The smallest absolute Gasteiger partial charge is 0.252 e. The van der Waals surface area contributed by atoms with Gasteiger partial charge in [-0.05, 0) is 67.9 Å². The van der Waals surface area contributed by atoms with Crippen molar-refractivity contribution in [3.63, 3.8) is 0 Å². The van der Waals surface area contributed by atoms with Crippen molar-refractivity contribution in [3.05, 3.63) is 93.1 Å². The molecule has 2 aromatic carbocycles. The van der Waals surface area contributed by atoms with Crippen LogP contribution < -0.4 is 10.3 Å². The van der Waals surface area contributed by atoms with E-state index in [1.54, 1.807) is 49.4 Å². The Hall–Kier alpha value is -3.07. The summed E-state index contributed by atoms with van der Waals surface area (Å²) < 4.78 is 39.4. The van der Waals surface area contributed by atoms with E-state index >= 15 is 0 Å². The van der Waals surface area contributed by atoms with Crippen LogP contribution >= 0.6 is 11.6 Å². The van der Waals surface area contributed by atoms with Gasteiger partial charge in [0.25, 0.3) is 5.56 Å². The molecule has 0 spiro atoms. The molecule has 2 heterocycles. The topological polar surface area (TPSA) is 92.6 Å². The predicted octanol–water partition coefficient (Wildman–Crippen LogP) is 4.87. The molecule has 33 heavy (non-hydrogen) atoms. The first-order valence-corrected chi connectivity index (χ1v) is 12.2. The summed E-state index contributed by atoms with van der Waals surface area (Å²) >= 11 is 6.09. The molecule has 4 rings (SSSR count). The van der Waals surface area contributed by atoms with Crippen molar-refractivity contribution in [2.24, 2.45) is 0 Å². The average molecular weight is 487 g/mol. The first kappa shape index (κ1) is 23.1. The number of furan rings is 1. The molecule has 7 nitrogen and oxygen atoms in total. The number of sulfonamides is 1. The van der Waals surface area contributed by atoms with E-state index < -0.39 is 10.0 Å². The van der Waals surface area contributed by atoms with Crippen LogP contribution in [0, 0.1) is 6.92 Å². The van der Waals surface area contributed by atoms with Crippen molar-refractivity contribution in [2.45, 2.75) is 31.8 Å². The van der Waals surface area contributed by atoms with Crippen LogP contribution in [0.3, 0.4) is 0 Å². The molecule has 0 fully saturated rings. The number of hydrogen-bond donors (Lipinski definition) is 1. The largest absolute Gasteiger partial charge is 0.494 e. The van der Waals surface area contributed by atoms with Gasteiger partial charge in [-0.1, -0.05) is 17.7 Å². The Kier molecular flexibility index (Phi) is 6.60. The maximum absolute atomic E-state index is 13.6. The molecule has 0 saturated carbocycles. The Labute approximate surface area is 196 Å². The molecule has 0 unspecified atom stereocenters. The third kappa shape index (κ3) is 4.98. The van der Waals surface area contributed by atoms with Crippen molar-refractivity contribution in [1.29, 1.82) is 0 Å². The number of fused-ring (bicyclic) bond motifs is 1. The molecule has 172 valence electrons. The first-order valence-electron chi connectivity index (χ1n) is 10.4. The summed E-state index contributed by atoms with van der Waals surface area (Å²) in [7, 11) is -4.00. The lowest BCUT2D eigenvalue weighted by Gasteiger charge is -2.22. The molecule has 0 atom stereocenters. The Morgan fingerprint density at radius 1 is 1.09 bits per heavy atom. The number of hydrogen-bond acceptors (Lipinski definition) is 5. The zero-order valence-corrected chi connectivity index (χ0v) is 19.7. The lowest BCUT2D eigenvalue weighted by Crippen LogP contribution is -2.33. The molecular weight excluding hydrogens is 464 g/mol. The lowest BCUT2D eigenvalue weighted by molar-refractivity contribution is 0.340. The van der Waals surface area contributed by atoms with E-state index in [1.165, 1.54) is 16.6 Å². The molecule has 9 heteroatoms.